The maximum Gasteiger partial charge on any atom is 0.317 e. The van der Waals surface area contributed by atoms with Crippen LogP contribution in [0.1, 0.15) is 38.5 Å². The van der Waals surface area contributed by atoms with E-state index in [0.717, 1.165) is 0 Å². The van der Waals surface area contributed by atoms with Crippen LogP contribution in [-0.2, 0) is 14.8 Å². The number of nitrogens with zero attached hydrogens (tertiary/aromatic N) is 2. The monoisotopic (exact) mass is 361 g/mol. The minimum Gasteiger partial charge on any atom is -0.481 e. The number of hydrogen-bond donors (Lipinski definition) is 2. The summed E-state index contributed by atoms with van der Waals surface area (Å²) in [4.78, 5) is 24.9. The Morgan fingerprint density at radius 3 is 2.29 bits per heavy atom. The van der Waals surface area contributed by atoms with Gasteiger partial charge in [0.25, 0.3) is 0 Å². The van der Waals surface area contributed by atoms with E-state index in [2.05, 4.69) is 5.32 Å². The van der Waals surface area contributed by atoms with E-state index in [-0.39, 0.29) is 24.5 Å². The molecule has 0 aromatic heterocycles. The number of sulfonamides is 1. The van der Waals surface area contributed by atoms with Crippen molar-refractivity contribution in [3.8, 4) is 0 Å². The van der Waals surface area contributed by atoms with Gasteiger partial charge in [0.2, 0.25) is 10.0 Å². The third-order valence-electron chi connectivity index (χ3n) is 5.00. The van der Waals surface area contributed by atoms with E-state index in [1.807, 2.05) is 0 Å². The predicted octanol–water partition coefficient (Wildman–Crippen LogP) is 0.695. The number of carboxylic acid groups (broad SMARTS) is 1. The zero-order valence-corrected chi connectivity index (χ0v) is 15.1. The summed E-state index contributed by atoms with van der Waals surface area (Å²) in [6, 6.07) is -0.272. The molecule has 24 heavy (non-hydrogen) atoms. The maximum absolute atomic E-state index is 12.4. The number of piperidine rings is 1. The zero-order chi connectivity index (χ0) is 17.9. The first-order valence-corrected chi connectivity index (χ1v) is 9.91. The van der Waals surface area contributed by atoms with Crippen LogP contribution in [-0.4, -0.2) is 73.2 Å². The third-order valence-corrected chi connectivity index (χ3v) is 7.24. The van der Waals surface area contributed by atoms with Crippen LogP contribution in [0.2, 0.25) is 0 Å². The van der Waals surface area contributed by atoms with Crippen LogP contribution in [0.25, 0.3) is 0 Å². The standard InChI is InChI=1S/C15H27N3O5S/c1-17(2)24(22,23)13-4-3-9-18(10-13)15(21)16-12-7-5-11(6-8-12)14(19)20/h11-13H,3-10H2,1-2H3,(H,16,21)(H,19,20). The smallest absolute Gasteiger partial charge is 0.317 e. The van der Waals surface area contributed by atoms with Crippen LogP contribution >= 0.6 is 0 Å². The Kier molecular flexibility index (Phi) is 6.08. The molecule has 1 unspecified atom stereocenters. The highest BCUT2D eigenvalue weighted by atomic mass is 32.2. The van der Waals surface area contributed by atoms with E-state index in [1.54, 1.807) is 4.90 Å². The minimum absolute atomic E-state index is 0.0288. The van der Waals surface area contributed by atoms with Crippen LogP contribution in [0.4, 0.5) is 4.79 Å². The SMILES string of the molecule is CN(C)S(=O)(=O)C1CCCN(C(=O)NC2CCC(C(=O)O)CC2)C1. The first-order chi connectivity index (χ1) is 11.2. The zero-order valence-electron chi connectivity index (χ0n) is 14.3. The van der Waals surface area contributed by atoms with Gasteiger partial charge in [0.15, 0.2) is 0 Å². The molecule has 1 aliphatic heterocycles. The average Bonchev–Trinajstić information content (AvgIpc) is 2.55. The molecule has 2 rings (SSSR count). The normalized spacial score (nSPS) is 28.6. The molecule has 2 aliphatic rings. The van der Waals surface area contributed by atoms with Gasteiger partial charge in [0.05, 0.1) is 11.2 Å². The van der Waals surface area contributed by atoms with Crippen molar-refractivity contribution in [3.05, 3.63) is 0 Å². The number of nitrogens with one attached hydrogen (secondary N) is 1. The molecule has 0 aromatic rings. The highest BCUT2D eigenvalue weighted by Gasteiger charge is 2.35. The average molecular weight is 361 g/mol. The summed E-state index contributed by atoms with van der Waals surface area (Å²) in [6.45, 7) is 0.757. The second-order valence-corrected chi connectivity index (χ2v) is 9.30. The van der Waals surface area contributed by atoms with Gasteiger partial charge in [-0.25, -0.2) is 17.5 Å². The van der Waals surface area contributed by atoms with E-state index in [0.29, 0.717) is 45.1 Å². The molecule has 1 atom stereocenters. The van der Waals surface area contributed by atoms with Gasteiger partial charge in [-0.15, -0.1) is 0 Å². The highest BCUT2D eigenvalue weighted by Crippen LogP contribution is 2.25. The Labute approximate surface area is 143 Å². The number of carbonyl (C=O) groups is 2. The molecule has 8 nitrogen and oxygen atoms in total. The number of rotatable bonds is 4. The predicted molar refractivity (Wildman–Crippen MR) is 89.1 cm³/mol. The van der Waals surface area contributed by atoms with E-state index >= 15 is 0 Å². The lowest BCUT2D eigenvalue weighted by atomic mass is 9.86. The first kappa shape index (κ1) is 19.0. The molecule has 2 fully saturated rings. The number of carboxylic acids is 1. The fourth-order valence-corrected chi connectivity index (χ4v) is 4.84. The number of aliphatic carboxylic acids is 1. The van der Waals surface area contributed by atoms with E-state index in [4.69, 9.17) is 5.11 Å². The highest BCUT2D eigenvalue weighted by molar-refractivity contribution is 7.89. The van der Waals surface area contributed by atoms with Crippen molar-refractivity contribution >= 4 is 22.0 Å². The molecule has 1 saturated carbocycles. The lowest BCUT2D eigenvalue weighted by molar-refractivity contribution is -0.142. The first-order valence-electron chi connectivity index (χ1n) is 8.41. The molecule has 9 heteroatoms. The van der Waals surface area contributed by atoms with Gasteiger partial charge in [-0.1, -0.05) is 0 Å². The van der Waals surface area contributed by atoms with Crippen molar-refractivity contribution < 1.29 is 23.1 Å². The fourth-order valence-electron chi connectivity index (χ4n) is 3.41. The Morgan fingerprint density at radius 1 is 1.12 bits per heavy atom. The van der Waals surface area contributed by atoms with Crippen LogP contribution in [0.5, 0.6) is 0 Å². The van der Waals surface area contributed by atoms with Gasteiger partial charge in [-0.2, -0.15) is 0 Å². The summed E-state index contributed by atoms with van der Waals surface area (Å²) in [5.74, 6) is -1.09. The van der Waals surface area contributed by atoms with Crippen molar-refractivity contribution in [2.24, 2.45) is 5.92 Å². The van der Waals surface area contributed by atoms with Crippen molar-refractivity contribution in [2.45, 2.75) is 49.8 Å². The molecule has 138 valence electrons. The summed E-state index contributed by atoms with van der Waals surface area (Å²) >= 11 is 0. The molecule has 1 saturated heterocycles. The Hall–Kier alpha value is -1.35. The number of carbonyl (C=O) groups excluding carboxylic acids is 1. The van der Waals surface area contributed by atoms with Crippen LogP contribution in [0.3, 0.4) is 0 Å². The lowest BCUT2D eigenvalue weighted by Crippen LogP contribution is -2.53. The molecule has 2 N–H and O–H groups in total. The summed E-state index contributed by atoms with van der Waals surface area (Å²) < 4.78 is 25.7. The van der Waals surface area contributed by atoms with Gasteiger partial charge in [-0.05, 0) is 38.5 Å². The largest absolute Gasteiger partial charge is 0.481 e. The summed E-state index contributed by atoms with van der Waals surface area (Å²) in [5, 5.41) is 11.4. The van der Waals surface area contributed by atoms with Gasteiger partial charge < -0.3 is 15.3 Å². The molecular formula is C15H27N3O5S. The lowest BCUT2D eigenvalue weighted by Gasteiger charge is -2.35. The summed E-state index contributed by atoms with van der Waals surface area (Å²) in [6.07, 6.45) is 3.66. The number of amides is 2. The Morgan fingerprint density at radius 2 is 1.75 bits per heavy atom. The van der Waals surface area contributed by atoms with Crippen molar-refractivity contribution in [2.75, 3.05) is 27.2 Å². The molecule has 0 spiro atoms. The van der Waals surface area contributed by atoms with E-state index < -0.39 is 21.2 Å². The molecule has 0 bridgehead atoms. The van der Waals surface area contributed by atoms with Gasteiger partial charge in [-0.3, -0.25) is 4.79 Å². The molecule has 1 aliphatic carbocycles. The van der Waals surface area contributed by atoms with Crippen molar-refractivity contribution in [1.29, 1.82) is 0 Å². The van der Waals surface area contributed by atoms with Gasteiger partial charge in [0, 0.05) is 33.2 Å². The second-order valence-electron chi connectivity index (χ2n) is 6.87. The summed E-state index contributed by atoms with van der Waals surface area (Å²) in [7, 11) is -0.352. The Balaban J connectivity index is 1.88. The number of hydrogen-bond acceptors (Lipinski definition) is 4. The van der Waals surface area contributed by atoms with E-state index in [9.17, 15) is 18.0 Å². The molecule has 1 heterocycles. The van der Waals surface area contributed by atoms with Gasteiger partial charge in [0.1, 0.15) is 0 Å². The van der Waals surface area contributed by atoms with Crippen LogP contribution in [0, 0.1) is 5.92 Å². The quantitative estimate of drug-likeness (QED) is 0.766. The Bertz CT molecular complexity index is 570. The fraction of sp³-hybridized carbons (Fsp3) is 0.867. The minimum atomic E-state index is -3.37. The summed E-state index contributed by atoms with van der Waals surface area (Å²) in [5.41, 5.74) is 0. The van der Waals surface area contributed by atoms with Crippen LogP contribution < -0.4 is 5.32 Å². The molecule has 0 aromatic carbocycles. The number of urea groups is 1. The molecule has 2 amide bonds. The molecule has 0 radical (unpaired) electrons. The topological polar surface area (TPSA) is 107 Å². The number of likely N-dealkylation sites (tertiary alicyclic amines) is 1. The van der Waals surface area contributed by atoms with E-state index in [1.165, 1.54) is 18.4 Å². The van der Waals surface area contributed by atoms with Crippen molar-refractivity contribution in [1.82, 2.24) is 14.5 Å². The maximum atomic E-state index is 12.4. The van der Waals surface area contributed by atoms with Crippen molar-refractivity contribution in [3.63, 3.8) is 0 Å². The van der Waals surface area contributed by atoms with Gasteiger partial charge >= 0.3 is 12.0 Å². The van der Waals surface area contributed by atoms with Crippen LogP contribution in [0.15, 0.2) is 0 Å². The molecular weight excluding hydrogens is 334 g/mol. The third kappa shape index (κ3) is 4.38. The second kappa shape index (κ2) is 7.69.